The van der Waals surface area contributed by atoms with E-state index in [0.29, 0.717) is 0 Å². The van der Waals surface area contributed by atoms with Crippen molar-refractivity contribution >= 4 is 33.7 Å². The van der Waals surface area contributed by atoms with Crippen molar-refractivity contribution in [2.75, 3.05) is 18.0 Å². The Kier molecular flexibility index (Phi) is 30.0. The molecular formula is C63H73BF20N-. The molecule has 0 unspecified atom stereocenters. The van der Waals surface area contributed by atoms with E-state index in [1.54, 1.807) is 0 Å². The lowest BCUT2D eigenvalue weighted by Crippen LogP contribution is -2.81. The fourth-order valence-electron chi connectivity index (χ4n) is 11.1. The van der Waals surface area contributed by atoms with Crippen LogP contribution in [0.25, 0.3) is 0 Å². The van der Waals surface area contributed by atoms with Crippen LogP contribution in [0.1, 0.15) is 199 Å². The average Bonchev–Trinajstić information content (AvgIpc) is 0.704. The maximum absolute atomic E-state index is 15.4. The van der Waals surface area contributed by atoms with Crippen molar-refractivity contribution in [3.63, 3.8) is 0 Å². The Morgan fingerprint density at radius 3 is 0.624 bits per heavy atom. The van der Waals surface area contributed by atoms with Gasteiger partial charge in [0.05, 0.1) is 0 Å². The van der Waals surface area contributed by atoms with Gasteiger partial charge < -0.3 is 4.90 Å². The third-order valence-corrected chi connectivity index (χ3v) is 15.7. The highest BCUT2D eigenvalue weighted by Crippen LogP contribution is 2.31. The molecule has 0 saturated heterocycles. The monoisotopic (exact) mass is 1230 g/mol. The van der Waals surface area contributed by atoms with Crippen molar-refractivity contribution in [2.45, 2.75) is 201 Å². The molecule has 5 aromatic rings. The van der Waals surface area contributed by atoms with Crippen LogP contribution in [0.5, 0.6) is 0 Å². The zero-order valence-corrected chi connectivity index (χ0v) is 48.1. The first-order chi connectivity index (χ1) is 40.5. The number of rotatable bonds is 35. The van der Waals surface area contributed by atoms with Crippen molar-refractivity contribution in [1.82, 2.24) is 0 Å². The summed E-state index contributed by atoms with van der Waals surface area (Å²) in [5.41, 5.74) is -11.4. The van der Waals surface area contributed by atoms with Gasteiger partial charge in [-0.3, -0.25) is 0 Å². The standard InChI is InChI=1S/C39H73N.C24BF20/c1-4-6-8-10-12-14-16-18-19-20-21-23-25-27-29-33-37-40(39-35-31-30-34-38(39)3)36-32-28-26-24-22-17-15-13-11-9-7-5-2;26-5-1(6(27)14(35)21(42)13(5)34)25(2-7(28)15(36)22(43)16(37)8(2)29,3-9(30)17(38)23(44)18(39)10(3)31)4-11(32)19(40)24(45)20(41)12(4)33/h30-31,34-35H,4-29,32-33,36-37H2,1-3H3;/q;-1. The molecule has 0 spiro atoms. The van der Waals surface area contributed by atoms with Gasteiger partial charge in [-0.25, -0.2) is 87.8 Å². The summed E-state index contributed by atoms with van der Waals surface area (Å²) < 4.78 is 294. The minimum Gasteiger partial charge on any atom is -0.371 e. The predicted molar refractivity (Wildman–Crippen MR) is 293 cm³/mol. The molecule has 0 atom stereocenters. The molecule has 0 saturated carbocycles. The second-order valence-electron chi connectivity index (χ2n) is 21.8. The number of anilines is 1. The summed E-state index contributed by atoms with van der Waals surface area (Å²) in [5.74, 6) is -71.4. The van der Waals surface area contributed by atoms with Crippen LogP contribution in [-0.4, -0.2) is 19.2 Å². The van der Waals surface area contributed by atoms with Gasteiger partial charge in [-0.15, -0.1) is 21.9 Å². The Morgan fingerprint density at radius 2 is 0.424 bits per heavy atom. The Balaban J connectivity index is 0.000000368. The fourth-order valence-corrected chi connectivity index (χ4v) is 11.1. The lowest BCUT2D eigenvalue weighted by molar-refractivity contribution is 0.378. The fraction of sp³-hybridized carbons (Fsp3) is 0.524. The van der Waals surface area contributed by atoms with E-state index in [-0.39, 0.29) is 0 Å². The smallest absolute Gasteiger partial charge is 0.200 e. The van der Waals surface area contributed by atoms with Crippen LogP contribution >= 0.6 is 0 Å². The van der Waals surface area contributed by atoms with Crippen LogP contribution in [0.15, 0.2) is 24.3 Å². The number of unbranched alkanes of at least 4 members (excludes halogenated alkanes) is 26. The third-order valence-electron chi connectivity index (χ3n) is 15.7. The second-order valence-corrected chi connectivity index (χ2v) is 21.8. The number of benzene rings is 5. The van der Waals surface area contributed by atoms with E-state index >= 15 is 35.1 Å². The Bertz CT molecular complexity index is 2550. The Morgan fingerprint density at radius 1 is 0.247 bits per heavy atom. The van der Waals surface area contributed by atoms with Crippen molar-refractivity contribution in [1.29, 1.82) is 0 Å². The maximum atomic E-state index is 15.4. The van der Waals surface area contributed by atoms with Crippen LogP contribution in [-0.2, 0) is 0 Å². The van der Waals surface area contributed by atoms with Gasteiger partial charge in [0.25, 0.3) is 0 Å². The van der Waals surface area contributed by atoms with Gasteiger partial charge in [0.1, 0.15) is 52.7 Å². The molecule has 0 aliphatic heterocycles. The quantitative estimate of drug-likeness (QED) is 0.0128. The van der Waals surface area contributed by atoms with Gasteiger partial charge in [0.2, 0.25) is 0 Å². The SMILES string of the molecule is CCCCCCCCCCCCCCCCCCN(CCCCCCCCCCCCCC)c1ccccc1C.Fc1c(F)c(F)c([B-](c2c(F)c(F)c(F)c(F)c2F)(c2c(F)c(F)c(F)c(F)c2F)c2c(F)c(F)c(F)c(F)c2F)c(F)c1F. The highest BCUT2D eigenvalue weighted by molar-refractivity contribution is 7.20. The van der Waals surface area contributed by atoms with Crippen LogP contribution in [0.3, 0.4) is 0 Å². The van der Waals surface area contributed by atoms with Gasteiger partial charge in [0, 0.05) is 18.8 Å². The highest BCUT2D eigenvalue weighted by atomic mass is 19.2. The lowest BCUT2D eigenvalue weighted by Gasteiger charge is -2.44. The lowest BCUT2D eigenvalue weighted by atomic mass is 9.12. The van der Waals surface area contributed by atoms with E-state index in [1.807, 2.05) is 0 Å². The molecule has 85 heavy (non-hydrogen) atoms. The first kappa shape index (κ1) is 72.0. The Hall–Kier alpha value is -5.44. The number of halogens is 20. The summed E-state index contributed by atoms with van der Waals surface area (Å²) in [7, 11) is 0. The maximum Gasteiger partial charge on any atom is 0.200 e. The number of hydrogen-bond donors (Lipinski definition) is 0. The van der Waals surface area contributed by atoms with Crippen molar-refractivity contribution in [3.8, 4) is 0 Å². The molecule has 5 rings (SSSR count). The average molecular weight is 1240 g/mol. The summed E-state index contributed by atoms with van der Waals surface area (Å²) in [6.45, 7) is 9.38. The first-order valence-electron chi connectivity index (χ1n) is 29.5. The molecule has 0 bridgehead atoms. The zero-order valence-electron chi connectivity index (χ0n) is 48.1. The molecule has 0 aliphatic carbocycles. The van der Waals surface area contributed by atoms with Gasteiger partial charge in [0.15, 0.2) is 69.8 Å². The molecule has 0 aromatic heterocycles. The van der Waals surface area contributed by atoms with Gasteiger partial charge in [-0.05, 0) is 31.4 Å². The molecule has 0 fully saturated rings. The van der Waals surface area contributed by atoms with Crippen molar-refractivity contribution in [2.24, 2.45) is 0 Å². The highest BCUT2D eigenvalue weighted by Gasteiger charge is 2.52. The second kappa shape index (κ2) is 35.4. The molecule has 0 aliphatic rings. The minimum absolute atomic E-state index is 1.24. The summed E-state index contributed by atoms with van der Waals surface area (Å²) >= 11 is 0. The van der Waals surface area contributed by atoms with E-state index < -0.39 is 144 Å². The van der Waals surface area contributed by atoms with E-state index in [1.165, 1.54) is 204 Å². The first-order valence-corrected chi connectivity index (χ1v) is 29.5. The summed E-state index contributed by atoms with van der Waals surface area (Å²) in [6, 6.07) is 9.06. The Labute approximate surface area is 484 Å². The van der Waals surface area contributed by atoms with E-state index in [2.05, 4.69) is 49.9 Å². The van der Waals surface area contributed by atoms with Crippen LogP contribution < -0.4 is 26.8 Å². The molecular weight excluding hydrogens is 1160 g/mol. The molecule has 0 N–H and O–H groups in total. The van der Waals surface area contributed by atoms with E-state index in [0.717, 1.165) is 0 Å². The largest absolute Gasteiger partial charge is 0.371 e. The number of hydrogen-bond acceptors (Lipinski definition) is 1. The summed E-state index contributed by atoms with van der Waals surface area (Å²) in [6.07, 6.45) is 33.1. The predicted octanol–water partition coefficient (Wildman–Crippen LogP) is 19.6. The summed E-state index contributed by atoms with van der Waals surface area (Å²) in [5, 5.41) is 0. The topological polar surface area (TPSA) is 3.24 Å². The van der Waals surface area contributed by atoms with Crippen LogP contribution in [0, 0.1) is 123 Å². The number of aryl methyl sites for hydroxylation is 1. The van der Waals surface area contributed by atoms with E-state index in [9.17, 15) is 52.7 Å². The molecule has 22 heteroatoms. The molecule has 5 aromatic carbocycles. The molecule has 0 radical (unpaired) electrons. The number of para-hydroxylation sites is 1. The van der Waals surface area contributed by atoms with Gasteiger partial charge in [-0.1, -0.05) is 199 Å². The minimum atomic E-state index is -7.22. The molecule has 474 valence electrons. The zero-order chi connectivity index (χ0) is 63.1. The van der Waals surface area contributed by atoms with Gasteiger partial charge in [-0.2, -0.15) is 0 Å². The van der Waals surface area contributed by atoms with Gasteiger partial charge >= 0.3 is 0 Å². The molecule has 1 nitrogen and oxygen atoms in total. The van der Waals surface area contributed by atoms with E-state index in [4.69, 9.17) is 0 Å². The van der Waals surface area contributed by atoms with Crippen LogP contribution in [0.4, 0.5) is 93.5 Å². The molecule has 0 amide bonds. The van der Waals surface area contributed by atoms with Crippen molar-refractivity contribution in [3.05, 3.63) is 146 Å². The third kappa shape index (κ3) is 17.6. The van der Waals surface area contributed by atoms with Crippen molar-refractivity contribution < 1.29 is 87.8 Å². The normalized spacial score (nSPS) is 11.7. The number of nitrogens with zero attached hydrogens (tertiary/aromatic N) is 1. The molecule has 0 heterocycles. The van der Waals surface area contributed by atoms with Crippen LogP contribution in [0.2, 0.25) is 0 Å². The summed E-state index contributed by atoms with van der Waals surface area (Å²) in [4.78, 5) is 2.70.